The van der Waals surface area contributed by atoms with E-state index in [-0.39, 0.29) is 0 Å². The predicted molar refractivity (Wildman–Crippen MR) is 76.4 cm³/mol. The molecule has 0 heterocycles. The fourth-order valence-electron chi connectivity index (χ4n) is 3.00. The smallest absolute Gasteiger partial charge is 0.00967 e. The molecular formula is C15H32N2. The van der Waals surface area contributed by atoms with Crippen molar-refractivity contribution in [3.63, 3.8) is 0 Å². The first-order valence-corrected chi connectivity index (χ1v) is 7.39. The Hall–Kier alpha value is -0.0800. The Morgan fingerprint density at radius 2 is 2.00 bits per heavy atom. The van der Waals surface area contributed by atoms with Crippen LogP contribution in [0.1, 0.15) is 53.4 Å². The zero-order valence-corrected chi connectivity index (χ0v) is 12.6. The second kappa shape index (κ2) is 6.75. The van der Waals surface area contributed by atoms with Crippen molar-refractivity contribution in [3.05, 3.63) is 0 Å². The Balaban J connectivity index is 2.54. The molecule has 0 spiro atoms. The second-order valence-corrected chi connectivity index (χ2v) is 6.65. The van der Waals surface area contributed by atoms with Crippen LogP contribution in [0.15, 0.2) is 0 Å². The average Bonchev–Trinajstić information content (AvgIpc) is 2.99. The quantitative estimate of drug-likeness (QED) is 0.666. The third-order valence-corrected chi connectivity index (χ3v) is 3.70. The Kier molecular flexibility index (Phi) is 5.94. The highest BCUT2D eigenvalue weighted by atomic mass is 15.2. The van der Waals surface area contributed by atoms with Crippen molar-refractivity contribution in [3.8, 4) is 0 Å². The van der Waals surface area contributed by atoms with Gasteiger partial charge in [-0.3, -0.25) is 4.90 Å². The molecule has 1 saturated carbocycles. The number of nitrogens with one attached hydrogen (secondary N) is 1. The first-order chi connectivity index (χ1) is 8.00. The largest absolute Gasteiger partial charge is 0.319 e. The lowest BCUT2D eigenvalue weighted by molar-refractivity contribution is 0.132. The summed E-state index contributed by atoms with van der Waals surface area (Å²) in [5, 5.41) is 3.38. The number of hydrogen-bond acceptors (Lipinski definition) is 2. The number of rotatable bonds is 9. The first-order valence-electron chi connectivity index (χ1n) is 7.39. The molecule has 1 N–H and O–H groups in total. The third kappa shape index (κ3) is 5.39. The van der Waals surface area contributed by atoms with Gasteiger partial charge in [0, 0.05) is 25.7 Å². The van der Waals surface area contributed by atoms with Gasteiger partial charge in [0.25, 0.3) is 0 Å². The van der Waals surface area contributed by atoms with Gasteiger partial charge in [0.05, 0.1) is 0 Å². The second-order valence-electron chi connectivity index (χ2n) is 6.65. The SMILES string of the molecule is CCCC(C)(CNC)CN(CC(C)C)C1CC1. The van der Waals surface area contributed by atoms with Gasteiger partial charge in [-0.1, -0.05) is 34.1 Å². The molecule has 1 atom stereocenters. The summed E-state index contributed by atoms with van der Waals surface area (Å²) in [6.07, 6.45) is 5.47. The van der Waals surface area contributed by atoms with Crippen molar-refractivity contribution in [1.29, 1.82) is 0 Å². The van der Waals surface area contributed by atoms with Crippen molar-refractivity contribution in [2.45, 2.75) is 59.4 Å². The van der Waals surface area contributed by atoms with Crippen LogP contribution in [0.5, 0.6) is 0 Å². The molecule has 0 aromatic carbocycles. The Morgan fingerprint density at radius 1 is 1.35 bits per heavy atom. The minimum atomic E-state index is 0.445. The molecule has 0 aliphatic heterocycles. The van der Waals surface area contributed by atoms with E-state index in [4.69, 9.17) is 0 Å². The summed E-state index contributed by atoms with van der Waals surface area (Å²) >= 11 is 0. The van der Waals surface area contributed by atoms with Crippen LogP contribution in [0.4, 0.5) is 0 Å². The lowest BCUT2D eigenvalue weighted by atomic mass is 9.84. The summed E-state index contributed by atoms with van der Waals surface area (Å²) < 4.78 is 0. The predicted octanol–water partition coefficient (Wildman–Crippen LogP) is 3.13. The van der Waals surface area contributed by atoms with Gasteiger partial charge in [-0.2, -0.15) is 0 Å². The molecule has 0 aromatic rings. The molecule has 17 heavy (non-hydrogen) atoms. The summed E-state index contributed by atoms with van der Waals surface area (Å²) in [4.78, 5) is 2.75. The van der Waals surface area contributed by atoms with E-state index in [1.54, 1.807) is 0 Å². The lowest BCUT2D eigenvalue weighted by Gasteiger charge is -2.36. The third-order valence-electron chi connectivity index (χ3n) is 3.70. The fourth-order valence-corrected chi connectivity index (χ4v) is 3.00. The van der Waals surface area contributed by atoms with Crippen LogP contribution in [0.2, 0.25) is 0 Å². The normalized spacial score (nSPS) is 19.9. The van der Waals surface area contributed by atoms with Crippen molar-refractivity contribution in [1.82, 2.24) is 10.2 Å². The molecule has 2 nitrogen and oxygen atoms in total. The van der Waals surface area contributed by atoms with Crippen LogP contribution in [0, 0.1) is 11.3 Å². The highest BCUT2D eigenvalue weighted by Crippen LogP contribution is 2.32. The van der Waals surface area contributed by atoms with Gasteiger partial charge in [-0.05, 0) is 37.6 Å². The fraction of sp³-hybridized carbons (Fsp3) is 1.00. The molecule has 102 valence electrons. The van der Waals surface area contributed by atoms with Gasteiger partial charge >= 0.3 is 0 Å². The van der Waals surface area contributed by atoms with E-state index in [1.807, 2.05) is 0 Å². The van der Waals surface area contributed by atoms with Gasteiger partial charge in [0.2, 0.25) is 0 Å². The lowest BCUT2D eigenvalue weighted by Crippen LogP contribution is -2.43. The molecule has 0 amide bonds. The molecule has 0 radical (unpaired) electrons. The molecule has 1 aliphatic carbocycles. The number of nitrogens with zero attached hydrogens (tertiary/aromatic N) is 1. The monoisotopic (exact) mass is 240 g/mol. The maximum atomic E-state index is 3.38. The van der Waals surface area contributed by atoms with Gasteiger partial charge in [0.15, 0.2) is 0 Å². The van der Waals surface area contributed by atoms with Crippen molar-refractivity contribution >= 4 is 0 Å². The van der Waals surface area contributed by atoms with Gasteiger partial charge < -0.3 is 5.32 Å². The maximum absolute atomic E-state index is 3.38. The molecule has 0 aromatic heterocycles. The van der Waals surface area contributed by atoms with Crippen LogP contribution in [0.25, 0.3) is 0 Å². The Morgan fingerprint density at radius 3 is 2.41 bits per heavy atom. The van der Waals surface area contributed by atoms with E-state index >= 15 is 0 Å². The van der Waals surface area contributed by atoms with Crippen LogP contribution in [0.3, 0.4) is 0 Å². The molecule has 1 aliphatic rings. The Labute approximate surface area is 108 Å². The highest BCUT2D eigenvalue weighted by Gasteiger charge is 2.34. The standard InChI is InChI=1S/C15H32N2/c1-6-9-15(4,11-16-5)12-17(10-13(2)3)14-7-8-14/h13-14,16H,6-12H2,1-5H3. The highest BCUT2D eigenvalue weighted by molar-refractivity contribution is 4.89. The van der Waals surface area contributed by atoms with Crippen molar-refractivity contribution < 1.29 is 0 Å². The number of hydrogen-bond donors (Lipinski definition) is 1. The minimum absolute atomic E-state index is 0.445. The van der Waals surface area contributed by atoms with Crippen LogP contribution in [-0.4, -0.2) is 37.6 Å². The average molecular weight is 240 g/mol. The molecule has 1 rings (SSSR count). The van der Waals surface area contributed by atoms with E-state index in [2.05, 4.69) is 45.0 Å². The van der Waals surface area contributed by atoms with Crippen molar-refractivity contribution in [2.24, 2.45) is 11.3 Å². The molecule has 2 heteroatoms. The minimum Gasteiger partial charge on any atom is -0.319 e. The first kappa shape index (κ1) is 15.0. The summed E-state index contributed by atoms with van der Waals surface area (Å²) in [7, 11) is 2.08. The molecule has 1 fully saturated rings. The van der Waals surface area contributed by atoms with Crippen molar-refractivity contribution in [2.75, 3.05) is 26.7 Å². The molecule has 1 unspecified atom stereocenters. The summed E-state index contributed by atoms with van der Waals surface area (Å²) in [5.41, 5.74) is 0.445. The molecule has 0 bridgehead atoms. The summed E-state index contributed by atoms with van der Waals surface area (Å²) in [6, 6.07) is 0.894. The van der Waals surface area contributed by atoms with Crippen LogP contribution in [-0.2, 0) is 0 Å². The Bertz CT molecular complexity index is 203. The summed E-state index contributed by atoms with van der Waals surface area (Å²) in [6.45, 7) is 13.1. The van der Waals surface area contributed by atoms with Gasteiger partial charge in [0.1, 0.15) is 0 Å². The molecule has 0 saturated heterocycles. The van der Waals surface area contributed by atoms with Gasteiger partial charge in [-0.25, -0.2) is 0 Å². The van der Waals surface area contributed by atoms with E-state index in [0.29, 0.717) is 5.41 Å². The van der Waals surface area contributed by atoms with E-state index < -0.39 is 0 Å². The van der Waals surface area contributed by atoms with E-state index in [1.165, 1.54) is 38.8 Å². The van der Waals surface area contributed by atoms with Crippen LogP contribution >= 0.6 is 0 Å². The van der Waals surface area contributed by atoms with Gasteiger partial charge in [-0.15, -0.1) is 0 Å². The zero-order chi connectivity index (χ0) is 12.9. The maximum Gasteiger partial charge on any atom is 0.00967 e. The van der Waals surface area contributed by atoms with E-state index in [0.717, 1.165) is 18.5 Å². The zero-order valence-electron chi connectivity index (χ0n) is 12.6. The van der Waals surface area contributed by atoms with Crippen LogP contribution < -0.4 is 5.32 Å². The van der Waals surface area contributed by atoms with E-state index in [9.17, 15) is 0 Å². The summed E-state index contributed by atoms with van der Waals surface area (Å²) in [5.74, 6) is 0.788. The molecular weight excluding hydrogens is 208 g/mol. The topological polar surface area (TPSA) is 15.3 Å².